The largest absolute Gasteiger partial charge is 0.493 e. The molecule has 0 radical (unpaired) electrons. The summed E-state index contributed by atoms with van der Waals surface area (Å²) < 4.78 is 10.4. The molecule has 0 aliphatic carbocycles. The first kappa shape index (κ1) is 16.6. The maximum Gasteiger partial charge on any atom is 0.169 e. The number of hydrogen-bond acceptors (Lipinski definition) is 6. The van der Waals surface area contributed by atoms with Crippen molar-refractivity contribution in [3.05, 3.63) is 42.1 Å². The quantitative estimate of drug-likeness (QED) is 0.655. The van der Waals surface area contributed by atoms with Gasteiger partial charge in [0.05, 0.1) is 26.1 Å². The molecule has 2 rings (SSSR count). The van der Waals surface area contributed by atoms with E-state index in [4.69, 9.17) is 15.2 Å². The van der Waals surface area contributed by atoms with E-state index in [0.29, 0.717) is 23.0 Å². The van der Waals surface area contributed by atoms with Crippen LogP contribution in [0.4, 0.5) is 11.5 Å². The molecule has 112 valence electrons. The third-order valence-corrected chi connectivity index (χ3v) is 2.63. The van der Waals surface area contributed by atoms with Crippen LogP contribution in [0.2, 0.25) is 0 Å². The molecule has 0 spiro atoms. The van der Waals surface area contributed by atoms with Gasteiger partial charge in [-0.15, -0.1) is 12.4 Å². The molecule has 0 aliphatic heterocycles. The zero-order valence-corrected chi connectivity index (χ0v) is 12.6. The van der Waals surface area contributed by atoms with E-state index in [-0.39, 0.29) is 12.4 Å². The number of nitrogens with zero attached hydrogens (tertiary/aromatic N) is 2. The Kier molecular flexibility index (Phi) is 6.29. The van der Waals surface area contributed by atoms with Crippen LogP contribution in [0.15, 0.2) is 41.6 Å². The minimum Gasteiger partial charge on any atom is -0.493 e. The van der Waals surface area contributed by atoms with Crippen molar-refractivity contribution in [3.63, 3.8) is 0 Å². The van der Waals surface area contributed by atoms with Crippen molar-refractivity contribution in [3.8, 4) is 11.5 Å². The van der Waals surface area contributed by atoms with Crippen molar-refractivity contribution in [2.75, 3.05) is 25.4 Å². The predicted molar refractivity (Wildman–Crippen MR) is 86.7 cm³/mol. The van der Waals surface area contributed by atoms with E-state index in [1.54, 1.807) is 38.8 Å². The number of benzene rings is 1. The number of nitrogen functional groups attached to an aromatic ring is 1. The standard InChI is InChI=1S/C14H16N4O2.ClH/c1-19-12-6-5-10(8-13(12)20-2)9-17-18-14-11(15)4-3-7-16-14;/h3-9H,15H2,1-2H3,(H,16,18);1H/b17-9+;. The minimum absolute atomic E-state index is 0. The number of halogens is 1. The molecule has 0 saturated heterocycles. The van der Waals surface area contributed by atoms with Crippen LogP contribution in [0.5, 0.6) is 11.5 Å². The first-order valence-electron chi connectivity index (χ1n) is 5.96. The molecule has 0 fully saturated rings. The third kappa shape index (κ3) is 4.25. The lowest BCUT2D eigenvalue weighted by atomic mass is 10.2. The molecular weight excluding hydrogens is 292 g/mol. The lowest BCUT2D eigenvalue weighted by molar-refractivity contribution is 0.355. The van der Waals surface area contributed by atoms with Crippen LogP contribution in [-0.2, 0) is 0 Å². The van der Waals surface area contributed by atoms with Crippen LogP contribution in [0.3, 0.4) is 0 Å². The van der Waals surface area contributed by atoms with E-state index in [1.165, 1.54) is 0 Å². The van der Waals surface area contributed by atoms with E-state index >= 15 is 0 Å². The zero-order chi connectivity index (χ0) is 14.4. The number of hydrogen-bond donors (Lipinski definition) is 2. The number of nitrogens with one attached hydrogen (secondary N) is 1. The van der Waals surface area contributed by atoms with E-state index in [0.717, 1.165) is 5.56 Å². The van der Waals surface area contributed by atoms with Gasteiger partial charge < -0.3 is 15.2 Å². The highest BCUT2D eigenvalue weighted by atomic mass is 35.5. The molecule has 0 bridgehead atoms. The van der Waals surface area contributed by atoms with Crippen molar-refractivity contribution in [1.29, 1.82) is 0 Å². The van der Waals surface area contributed by atoms with Gasteiger partial charge in [-0.2, -0.15) is 5.10 Å². The van der Waals surface area contributed by atoms with E-state index in [9.17, 15) is 0 Å². The summed E-state index contributed by atoms with van der Waals surface area (Å²) in [6, 6.07) is 9.02. The van der Waals surface area contributed by atoms with Gasteiger partial charge in [-0.05, 0) is 35.9 Å². The molecule has 1 heterocycles. The van der Waals surface area contributed by atoms with Gasteiger partial charge in [0.2, 0.25) is 0 Å². The van der Waals surface area contributed by atoms with Crippen LogP contribution in [-0.4, -0.2) is 25.4 Å². The number of anilines is 2. The summed E-state index contributed by atoms with van der Waals surface area (Å²) >= 11 is 0. The van der Waals surface area contributed by atoms with Gasteiger partial charge in [-0.3, -0.25) is 5.43 Å². The van der Waals surface area contributed by atoms with E-state index < -0.39 is 0 Å². The molecule has 6 nitrogen and oxygen atoms in total. The second-order valence-electron chi connectivity index (χ2n) is 3.93. The average Bonchev–Trinajstić information content (AvgIpc) is 2.49. The Labute approximate surface area is 129 Å². The summed E-state index contributed by atoms with van der Waals surface area (Å²) in [5.41, 5.74) is 9.94. The summed E-state index contributed by atoms with van der Waals surface area (Å²) in [7, 11) is 3.18. The van der Waals surface area contributed by atoms with Crippen molar-refractivity contribution in [1.82, 2.24) is 4.98 Å². The molecule has 0 saturated carbocycles. The molecule has 0 unspecified atom stereocenters. The van der Waals surface area contributed by atoms with Crippen molar-refractivity contribution < 1.29 is 9.47 Å². The lowest BCUT2D eigenvalue weighted by Gasteiger charge is -2.07. The number of nitrogens with two attached hydrogens (primary N) is 1. The van der Waals surface area contributed by atoms with Crippen LogP contribution < -0.4 is 20.6 Å². The maximum atomic E-state index is 5.75. The van der Waals surface area contributed by atoms with Crippen LogP contribution >= 0.6 is 12.4 Å². The monoisotopic (exact) mass is 308 g/mol. The molecule has 21 heavy (non-hydrogen) atoms. The second kappa shape index (κ2) is 7.96. The Morgan fingerprint density at radius 1 is 1.19 bits per heavy atom. The Morgan fingerprint density at radius 2 is 1.95 bits per heavy atom. The Morgan fingerprint density at radius 3 is 2.62 bits per heavy atom. The first-order chi connectivity index (χ1) is 9.74. The highest BCUT2D eigenvalue weighted by molar-refractivity contribution is 5.85. The minimum atomic E-state index is 0. The number of aromatic nitrogens is 1. The maximum absolute atomic E-state index is 5.75. The van der Waals surface area contributed by atoms with Crippen LogP contribution in [0.25, 0.3) is 0 Å². The number of pyridine rings is 1. The highest BCUT2D eigenvalue weighted by Gasteiger charge is 2.03. The molecule has 0 atom stereocenters. The molecule has 7 heteroatoms. The normalized spacial score (nSPS) is 10.0. The number of rotatable bonds is 5. The van der Waals surface area contributed by atoms with Crippen molar-refractivity contribution in [2.45, 2.75) is 0 Å². The van der Waals surface area contributed by atoms with E-state index in [2.05, 4.69) is 15.5 Å². The summed E-state index contributed by atoms with van der Waals surface area (Å²) in [6.07, 6.45) is 3.29. The van der Waals surface area contributed by atoms with Crippen LogP contribution in [0.1, 0.15) is 5.56 Å². The van der Waals surface area contributed by atoms with Gasteiger partial charge in [0.15, 0.2) is 17.3 Å². The SMILES string of the molecule is COc1ccc(/C=N/Nc2ncccc2N)cc1OC.Cl. The summed E-state index contributed by atoms with van der Waals surface area (Å²) in [5.74, 6) is 1.84. The number of hydrazone groups is 1. The van der Waals surface area contributed by atoms with Crippen molar-refractivity contribution in [2.24, 2.45) is 5.10 Å². The molecule has 3 N–H and O–H groups in total. The van der Waals surface area contributed by atoms with Gasteiger partial charge >= 0.3 is 0 Å². The van der Waals surface area contributed by atoms with Gasteiger partial charge in [0, 0.05) is 6.20 Å². The smallest absolute Gasteiger partial charge is 0.169 e. The molecular formula is C14H17ClN4O2. The Bertz CT molecular complexity index is 620. The first-order valence-corrected chi connectivity index (χ1v) is 5.96. The Balaban J connectivity index is 0.00000220. The second-order valence-corrected chi connectivity index (χ2v) is 3.93. The van der Waals surface area contributed by atoms with E-state index in [1.807, 2.05) is 18.2 Å². The molecule has 0 aliphatic rings. The van der Waals surface area contributed by atoms with Crippen LogP contribution in [0, 0.1) is 0 Å². The summed E-state index contributed by atoms with van der Waals surface area (Å²) in [4.78, 5) is 4.08. The zero-order valence-electron chi connectivity index (χ0n) is 11.7. The fourth-order valence-electron chi connectivity index (χ4n) is 1.61. The third-order valence-electron chi connectivity index (χ3n) is 2.63. The summed E-state index contributed by atoms with van der Waals surface area (Å²) in [6.45, 7) is 0. The topological polar surface area (TPSA) is 81.8 Å². The van der Waals surface area contributed by atoms with Gasteiger partial charge in [-0.25, -0.2) is 4.98 Å². The average molecular weight is 309 g/mol. The van der Waals surface area contributed by atoms with Gasteiger partial charge in [0.1, 0.15) is 0 Å². The fraction of sp³-hybridized carbons (Fsp3) is 0.143. The lowest BCUT2D eigenvalue weighted by Crippen LogP contribution is -1.98. The molecule has 1 aromatic heterocycles. The summed E-state index contributed by atoms with van der Waals surface area (Å²) in [5, 5.41) is 4.09. The number of methoxy groups -OCH3 is 2. The number of ether oxygens (including phenoxy) is 2. The molecule has 0 amide bonds. The fourth-order valence-corrected chi connectivity index (χ4v) is 1.61. The van der Waals surface area contributed by atoms with Gasteiger partial charge in [-0.1, -0.05) is 0 Å². The van der Waals surface area contributed by atoms with Crippen molar-refractivity contribution >= 4 is 30.1 Å². The molecule has 1 aromatic carbocycles. The Hall–Kier alpha value is -2.47. The van der Waals surface area contributed by atoms with Gasteiger partial charge in [0.25, 0.3) is 0 Å². The predicted octanol–water partition coefficient (Wildman–Crippen LogP) is 2.55. The highest BCUT2D eigenvalue weighted by Crippen LogP contribution is 2.26. The molecule has 2 aromatic rings.